The second-order valence-corrected chi connectivity index (χ2v) is 13.5. The highest BCUT2D eigenvalue weighted by molar-refractivity contribution is 9.11. The fourth-order valence-corrected chi connectivity index (χ4v) is 7.66. The van der Waals surface area contributed by atoms with Crippen LogP contribution in [0.1, 0.15) is 11.1 Å². The van der Waals surface area contributed by atoms with Gasteiger partial charge in [0, 0.05) is 40.2 Å². The van der Waals surface area contributed by atoms with Gasteiger partial charge in [0.15, 0.2) is 0 Å². The van der Waals surface area contributed by atoms with Crippen molar-refractivity contribution in [2.45, 2.75) is 13.8 Å². The van der Waals surface area contributed by atoms with Crippen molar-refractivity contribution >= 4 is 90.6 Å². The highest BCUT2D eigenvalue weighted by atomic mass is 79.9. The summed E-state index contributed by atoms with van der Waals surface area (Å²) in [6.45, 7) is 4.27. The molecular weight excluding hydrogens is 664 g/mol. The minimum absolute atomic E-state index is 1.11. The molecule has 0 nitrogen and oxygen atoms in total. The zero-order valence-corrected chi connectivity index (χ0v) is 25.5. The average Bonchev–Trinajstić information content (AvgIpc) is 3.40. The first kappa shape index (κ1) is 24.9. The zero-order valence-electron chi connectivity index (χ0n) is 19.1. The molecule has 0 aliphatic carbocycles. The van der Waals surface area contributed by atoms with Gasteiger partial charge in [0.2, 0.25) is 0 Å². The predicted octanol–water partition coefficient (Wildman–Crippen LogP) is 12.0. The lowest BCUT2D eigenvalue weighted by Crippen LogP contribution is -1.77. The van der Waals surface area contributed by atoms with Gasteiger partial charge in [-0.3, -0.25) is 0 Å². The summed E-state index contributed by atoms with van der Waals surface area (Å²) in [7, 11) is 0. The fraction of sp³-hybridized carbons (Fsp3) is 0.0667. The highest BCUT2D eigenvalue weighted by Crippen LogP contribution is 2.42. The topological polar surface area (TPSA) is 0 Å². The third kappa shape index (κ3) is 5.50. The monoisotopic (exact) mass is 682 g/mol. The second-order valence-electron chi connectivity index (χ2n) is 8.41. The van der Waals surface area contributed by atoms with E-state index in [1.54, 1.807) is 11.3 Å². The molecule has 0 aliphatic rings. The summed E-state index contributed by atoms with van der Waals surface area (Å²) in [5.41, 5.74) is 7.78. The van der Waals surface area contributed by atoms with Gasteiger partial charge in [0.1, 0.15) is 0 Å². The first-order valence-corrected chi connectivity index (χ1v) is 15.1. The minimum Gasteiger partial charge on any atom is -0.143 e. The Labute approximate surface area is 239 Å². The van der Waals surface area contributed by atoms with Crippen LogP contribution in [0.2, 0.25) is 0 Å². The lowest BCUT2D eigenvalue weighted by Gasteiger charge is -2.02. The molecular formula is C30H21Br3S2. The smallest absolute Gasteiger partial charge is 0.0789 e. The molecule has 0 aliphatic heterocycles. The van der Waals surface area contributed by atoms with E-state index in [9.17, 15) is 0 Å². The Hall–Kier alpha value is -1.76. The van der Waals surface area contributed by atoms with Crippen molar-refractivity contribution in [1.82, 2.24) is 0 Å². The van der Waals surface area contributed by atoms with E-state index in [4.69, 9.17) is 0 Å². The summed E-state index contributed by atoms with van der Waals surface area (Å²) in [5, 5.41) is 4.91. The Bertz CT molecular complexity index is 1630. The second kappa shape index (κ2) is 10.7. The fourth-order valence-electron chi connectivity index (χ4n) is 4.05. The maximum Gasteiger partial charge on any atom is 0.0789 e. The third-order valence-electron chi connectivity index (χ3n) is 5.82. The minimum atomic E-state index is 1.11. The van der Waals surface area contributed by atoms with Crippen LogP contribution in [-0.2, 0) is 0 Å². The van der Waals surface area contributed by atoms with Crippen LogP contribution < -0.4 is 0 Å². The van der Waals surface area contributed by atoms with Crippen LogP contribution in [0.3, 0.4) is 0 Å². The zero-order chi connectivity index (χ0) is 24.5. The number of fused-ring (bicyclic) bond motifs is 2. The lowest BCUT2D eigenvalue weighted by molar-refractivity contribution is 1.52. The molecule has 35 heavy (non-hydrogen) atoms. The van der Waals surface area contributed by atoms with Crippen molar-refractivity contribution in [3.63, 3.8) is 0 Å². The molecule has 5 heteroatoms. The normalized spacial score (nSPS) is 11.0. The number of hydrogen-bond acceptors (Lipinski definition) is 2. The Morgan fingerprint density at radius 1 is 0.571 bits per heavy atom. The summed E-state index contributed by atoms with van der Waals surface area (Å²) in [5.74, 6) is 0. The summed E-state index contributed by atoms with van der Waals surface area (Å²) in [4.78, 5) is 0. The highest BCUT2D eigenvalue weighted by Gasteiger charge is 2.12. The van der Waals surface area contributed by atoms with Gasteiger partial charge in [-0.1, -0.05) is 80.4 Å². The van der Waals surface area contributed by atoms with E-state index in [-0.39, 0.29) is 0 Å². The number of thiophene rings is 2. The third-order valence-corrected chi connectivity index (χ3v) is 9.65. The molecule has 0 saturated carbocycles. The van der Waals surface area contributed by atoms with Crippen molar-refractivity contribution in [2.24, 2.45) is 0 Å². The van der Waals surface area contributed by atoms with Crippen LogP contribution in [0.15, 0.2) is 103 Å². The van der Waals surface area contributed by atoms with E-state index in [0.29, 0.717) is 0 Å². The molecule has 0 atom stereocenters. The van der Waals surface area contributed by atoms with Gasteiger partial charge in [0.25, 0.3) is 0 Å². The number of hydrogen-bond donors (Lipinski definition) is 0. The molecule has 2 heterocycles. The van der Waals surface area contributed by atoms with Crippen LogP contribution in [0.4, 0.5) is 0 Å². The van der Waals surface area contributed by atoms with E-state index in [0.717, 1.165) is 8.95 Å². The predicted molar refractivity (Wildman–Crippen MR) is 167 cm³/mol. The molecule has 0 amide bonds. The van der Waals surface area contributed by atoms with Gasteiger partial charge in [0.05, 0.1) is 3.79 Å². The molecule has 0 radical (unpaired) electrons. The number of rotatable bonds is 2. The molecule has 2 aromatic heterocycles. The van der Waals surface area contributed by atoms with Gasteiger partial charge in [-0.2, -0.15) is 0 Å². The van der Waals surface area contributed by atoms with E-state index < -0.39 is 0 Å². The van der Waals surface area contributed by atoms with Crippen LogP contribution >= 0.6 is 70.5 Å². The van der Waals surface area contributed by atoms with Crippen LogP contribution in [0.5, 0.6) is 0 Å². The van der Waals surface area contributed by atoms with E-state index >= 15 is 0 Å². The van der Waals surface area contributed by atoms with Crippen LogP contribution in [-0.4, -0.2) is 0 Å². The molecule has 174 valence electrons. The average molecular weight is 685 g/mol. The Balaban J connectivity index is 0.000000145. The standard InChI is InChI=1S/C15H10Br2S.C15H11BrS/c1-9-2-7-12-13(8-9)18-15(17)14(12)10-3-5-11(16)6-4-10;1-10-2-7-13-14(9-17-15(13)8-10)11-3-5-12(16)6-4-11/h2-8H,1H3;2-9H,1H3. The SMILES string of the molecule is Cc1ccc2c(-c3ccc(Br)cc3)c(Br)sc2c1.Cc1ccc2c(-c3ccc(Br)cc3)csc2c1. The van der Waals surface area contributed by atoms with Gasteiger partial charge < -0.3 is 0 Å². The largest absolute Gasteiger partial charge is 0.143 e. The Morgan fingerprint density at radius 3 is 1.74 bits per heavy atom. The van der Waals surface area contributed by atoms with E-state index in [1.165, 1.54) is 57.3 Å². The molecule has 0 bridgehead atoms. The summed E-state index contributed by atoms with van der Waals surface area (Å²) < 4.78 is 6.13. The van der Waals surface area contributed by atoms with Crippen LogP contribution in [0.25, 0.3) is 42.4 Å². The molecule has 0 saturated heterocycles. The lowest BCUT2D eigenvalue weighted by atomic mass is 10.0. The Morgan fingerprint density at radius 2 is 1.11 bits per heavy atom. The molecule has 0 N–H and O–H groups in total. The molecule has 0 fully saturated rings. The van der Waals surface area contributed by atoms with Gasteiger partial charge in [-0.25, -0.2) is 0 Å². The maximum absolute atomic E-state index is 3.70. The first-order chi connectivity index (χ1) is 16.9. The molecule has 0 spiro atoms. The van der Waals surface area contributed by atoms with Crippen molar-refractivity contribution < 1.29 is 0 Å². The van der Waals surface area contributed by atoms with Crippen molar-refractivity contribution in [2.75, 3.05) is 0 Å². The quantitative estimate of drug-likeness (QED) is 0.170. The van der Waals surface area contributed by atoms with Crippen molar-refractivity contribution in [3.05, 3.63) is 114 Å². The molecule has 4 aromatic carbocycles. The maximum atomic E-state index is 3.70. The van der Waals surface area contributed by atoms with E-state index in [1.807, 2.05) is 11.3 Å². The van der Waals surface area contributed by atoms with E-state index in [2.05, 4.69) is 152 Å². The summed E-state index contributed by atoms with van der Waals surface area (Å²) in [6, 6.07) is 30.2. The van der Waals surface area contributed by atoms with Gasteiger partial charge >= 0.3 is 0 Å². The number of halogens is 3. The first-order valence-electron chi connectivity index (χ1n) is 11.1. The summed E-state index contributed by atoms with van der Waals surface area (Å²) in [6.07, 6.45) is 0. The number of aryl methyl sites for hydroxylation is 2. The van der Waals surface area contributed by atoms with Crippen molar-refractivity contribution in [1.29, 1.82) is 0 Å². The summed E-state index contributed by atoms with van der Waals surface area (Å²) >= 11 is 14.3. The molecule has 6 aromatic rings. The van der Waals surface area contributed by atoms with Crippen molar-refractivity contribution in [3.8, 4) is 22.3 Å². The number of benzene rings is 4. The molecule has 6 rings (SSSR count). The van der Waals surface area contributed by atoms with Gasteiger partial charge in [-0.05, 0) is 93.8 Å². The van der Waals surface area contributed by atoms with Gasteiger partial charge in [-0.15, -0.1) is 22.7 Å². The Kier molecular flexibility index (Phi) is 7.61. The molecule has 0 unspecified atom stereocenters. The van der Waals surface area contributed by atoms with Crippen LogP contribution in [0, 0.1) is 13.8 Å².